The fraction of sp³-hybridized carbons (Fsp3) is 0.625. The van der Waals surface area contributed by atoms with Crippen molar-refractivity contribution in [1.82, 2.24) is 34.8 Å². The Morgan fingerprint density at radius 2 is 2.17 bits per heavy atom. The Labute approximate surface area is 140 Å². The summed E-state index contributed by atoms with van der Waals surface area (Å²) in [5.41, 5.74) is 1.56. The van der Waals surface area contributed by atoms with E-state index in [2.05, 4.69) is 36.8 Å². The topological polar surface area (TPSA) is 82.9 Å². The van der Waals surface area contributed by atoms with Crippen LogP contribution in [0, 0.1) is 6.92 Å². The molecule has 0 saturated carbocycles. The Morgan fingerprint density at radius 1 is 1.33 bits per heavy atom. The normalized spacial score (nSPS) is 18.5. The van der Waals surface area contributed by atoms with Crippen LogP contribution in [0.1, 0.15) is 41.2 Å². The smallest absolute Gasteiger partial charge is 0.274 e. The molecule has 0 aromatic carbocycles. The van der Waals surface area contributed by atoms with Gasteiger partial charge in [-0.05, 0) is 19.4 Å². The van der Waals surface area contributed by atoms with Crippen LogP contribution in [-0.2, 0) is 19.5 Å². The highest BCUT2D eigenvalue weighted by Crippen LogP contribution is 2.22. The van der Waals surface area contributed by atoms with E-state index in [1.54, 1.807) is 0 Å². The van der Waals surface area contributed by atoms with Crippen LogP contribution in [0.3, 0.4) is 0 Å². The van der Waals surface area contributed by atoms with Gasteiger partial charge in [-0.2, -0.15) is 5.10 Å². The fourth-order valence-corrected chi connectivity index (χ4v) is 3.52. The largest absolute Gasteiger partial charge is 0.334 e. The molecule has 128 valence electrons. The lowest BCUT2D eigenvalue weighted by atomic mass is 10.1. The molecule has 0 radical (unpaired) electrons. The van der Waals surface area contributed by atoms with Crippen LogP contribution in [0.4, 0.5) is 0 Å². The van der Waals surface area contributed by atoms with E-state index in [1.165, 1.54) is 0 Å². The van der Waals surface area contributed by atoms with Gasteiger partial charge in [0.1, 0.15) is 17.3 Å². The lowest BCUT2D eigenvalue weighted by Gasteiger charge is -2.46. The van der Waals surface area contributed by atoms with Crippen LogP contribution in [0.2, 0.25) is 0 Å². The Kier molecular flexibility index (Phi) is 3.84. The van der Waals surface area contributed by atoms with Gasteiger partial charge >= 0.3 is 0 Å². The van der Waals surface area contributed by atoms with Crippen molar-refractivity contribution >= 4 is 5.91 Å². The number of carbonyl (C=O) groups is 1. The first-order valence-corrected chi connectivity index (χ1v) is 8.62. The first-order valence-electron chi connectivity index (χ1n) is 8.62. The van der Waals surface area contributed by atoms with Crippen molar-refractivity contribution in [3.05, 3.63) is 29.1 Å². The minimum atomic E-state index is 0.0286. The maximum Gasteiger partial charge on any atom is 0.274 e. The molecule has 2 aliphatic rings. The third-order valence-corrected chi connectivity index (χ3v) is 5.00. The summed E-state index contributed by atoms with van der Waals surface area (Å²) in [5.74, 6) is 2.04. The average Bonchev–Trinajstić information content (AvgIpc) is 3.14. The van der Waals surface area contributed by atoms with E-state index < -0.39 is 0 Å². The molecule has 2 aliphatic heterocycles. The van der Waals surface area contributed by atoms with Crippen LogP contribution in [0.25, 0.3) is 0 Å². The molecule has 1 amide bonds. The van der Waals surface area contributed by atoms with Gasteiger partial charge in [-0.3, -0.25) is 14.8 Å². The summed E-state index contributed by atoms with van der Waals surface area (Å²) in [6.07, 6.45) is 1.97. The number of nitrogens with one attached hydrogen (secondary N) is 1. The summed E-state index contributed by atoms with van der Waals surface area (Å²) in [6, 6.07) is 2.29. The fourth-order valence-electron chi connectivity index (χ4n) is 3.52. The lowest BCUT2D eigenvalue weighted by Crippen LogP contribution is -2.62. The number of rotatable bonds is 4. The highest BCUT2D eigenvalue weighted by atomic mass is 16.2. The van der Waals surface area contributed by atoms with Crippen molar-refractivity contribution in [1.29, 1.82) is 0 Å². The van der Waals surface area contributed by atoms with Gasteiger partial charge in [-0.15, -0.1) is 10.2 Å². The molecule has 1 fully saturated rings. The van der Waals surface area contributed by atoms with Gasteiger partial charge in [0, 0.05) is 37.9 Å². The van der Waals surface area contributed by atoms with E-state index in [-0.39, 0.29) is 5.91 Å². The zero-order valence-corrected chi connectivity index (χ0v) is 14.2. The molecular weight excluding hydrogens is 306 g/mol. The lowest BCUT2D eigenvalue weighted by molar-refractivity contribution is 0.0162. The molecule has 2 aromatic heterocycles. The molecule has 0 aliphatic carbocycles. The molecule has 4 rings (SSSR count). The van der Waals surface area contributed by atoms with Gasteiger partial charge in [0.2, 0.25) is 0 Å². The highest BCUT2D eigenvalue weighted by Gasteiger charge is 2.37. The maximum atomic E-state index is 12.5. The third-order valence-electron chi connectivity index (χ3n) is 5.00. The Hall–Kier alpha value is -2.22. The maximum absolute atomic E-state index is 12.5. The van der Waals surface area contributed by atoms with E-state index in [4.69, 9.17) is 0 Å². The summed E-state index contributed by atoms with van der Waals surface area (Å²) in [4.78, 5) is 16.8. The van der Waals surface area contributed by atoms with Crippen molar-refractivity contribution in [3.63, 3.8) is 0 Å². The van der Waals surface area contributed by atoms with Crippen molar-refractivity contribution in [3.8, 4) is 0 Å². The molecule has 8 heteroatoms. The number of carbonyl (C=O) groups excluding carboxylic acids is 1. The minimum Gasteiger partial charge on any atom is -0.334 e. The SMILES string of the molecule is CCCc1cc(C(=O)N2CC(N3CCn4c(C)nnc4C3)C2)n[nH]1. The van der Waals surface area contributed by atoms with Crippen molar-refractivity contribution < 1.29 is 4.79 Å². The predicted octanol–water partition coefficient (Wildman–Crippen LogP) is 0.602. The second kappa shape index (κ2) is 6.01. The van der Waals surface area contributed by atoms with Crippen LogP contribution in [-0.4, -0.2) is 66.3 Å². The number of likely N-dealkylation sites (tertiary alicyclic amines) is 1. The molecule has 0 atom stereocenters. The van der Waals surface area contributed by atoms with Crippen LogP contribution in [0.5, 0.6) is 0 Å². The number of H-pyrrole nitrogens is 1. The zero-order chi connectivity index (χ0) is 16.7. The number of fused-ring (bicyclic) bond motifs is 1. The van der Waals surface area contributed by atoms with Crippen molar-refractivity contribution in [2.24, 2.45) is 0 Å². The highest BCUT2D eigenvalue weighted by molar-refractivity contribution is 5.93. The van der Waals surface area contributed by atoms with Gasteiger partial charge in [-0.1, -0.05) is 13.3 Å². The van der Waals surface area contributed by atoms with Gasteiger partial charge in [0.15, 0.2) is 0 Å². The predicted molar refractivity (Wildman–Crippen MR) is 87.4 cm³/mol. The quantitative estimate of drug-likeness (QED) is 0.888. The third kappa shape index (κ3) is 2.60. The first-order chi connectivity index (χ1) is 11.7. The molecule has 24 heavy (non-hydrogen) atoms. The van der Waals surface area contributed by atoms with Gasteiger partial charge < -0.3 is 9.47 Å². The summed E-state index contributed by atoms with van der Waals surface area (Å²) in [7, 11) is 0. The van der Waals surface area contributed by atoms with Crippen molar-refractivity contribution in [2.45, 2.75) is 45.8 Å². The van der Waals surface area contributed by atoms with E-state index in [1.807, 2.05) is 17.9 Å². The molecule has 1 saturated heterocycles. The number of hydrogen-bond donors (Lipinski definition) is 1. The molecule has 1 N–H and O–H groups in total. The average molecular weight is 329 g/mol. The van der Waals surface area contributed by atoms with Crippen molar-refractivity contribution in [2.75, 3.05) is 19.6 Å². The van der Waals surface area contributed by atoms with Gasteiger partial charge in [-0.25, -0.2) is 0 Å². The Morgan fingerprint density at radius 3 is 2.96 bits per heavy atom. The second-order valence-corrected chi connectivity index (χ2v) is 6.68. The zero-order valence-electron chi connectivity index (χ0n) is 14.2. The molecule has 4 heterocycles. The molecule has 0 spiro atoms. The molecule has 0 unspecified atom stereocenters. The summed E-state index contributed by atoms with van der Waals surface area (Å²) in [6.45, 7) is 8.37. The van der Waals surface area contributed by atoms with Gasteiger partial charge in [0.05, 0.1) is 6.54 Å². The Bertz CT molecular complexity index is 743. The van der Waals surface area contributed by atoms with Crippen LogP contribution in [0.15, 0.2) is 6.07 Å². The Balaban J connectivity index is 1.34. The molecular formula is C16H23N7O. The second-order valence-electron chi connectivity index (χ2n) is 6.68. The van der Waals surface area contributed by atoms with E-state index in [0.717, 1.165) is 62.9 Å². The minimum absolute atomic E-state index is 0.0286. The number of amides is 1. The number of aromatic nitrogens is 5. The van der Waals surface area contributed by atoms with E-state index in [0.29, 0.717) is 11.7 Å². The van der Waals surface area contributed by atoms with Crippen LogP contribution >= 0.6 is 0 Å². The summed E-state index contributed by atoms with van der Waals surface area (Å²) < 4.78 is 2.18. The van der Waals surface area contributed by atoms with E-state index in [9.17, 15) is 4.79 Å². The molecule has 8 nitrogen and oxygen atoms in total. The molecule has 2 aromatic rings. The summed E-state index contributed by atoms with van der Waals surface area (Å²) in [5, 5.41) is 15.5. The number of hydrogen-bond acceptors (Lipinski definition) is 5. The van der Waals surface area contributed by atoms with Gasteiger partial charge in [0.25, 0.3) is 5.91 Å². The first kappa shape index (κ1) is 15.3. The monoisotopic (exact) mass is 329 g/mol. The number of aryl methyl sites for hydroxylation is 2. The molecule has 0 bridgehead atoms. The number of aromatic amines is 1. The van der Waals surface area contributed by atoms with Crippen LogP contribution < -0.4 is 0 Å². The summed E-state index contributed by atoms with van der Waals surface area (Å²) >= 11 is 0. The van der Waals surface area contributed by atoms with E-state index >= 15 is 0 Å². The number of nitrogens with zero attached hydrogens (tertiary/aromatic N) is 6. The standard InChI is InChI=1S/C16H23N7O/c1-3-4-12-7-14(19-18-12)16(24)22-8-13(9-22)21-5-6-23-11(2)17-20-15(23)10-21/h7,13H,3-6,8-10H2,1-2H3,(H,18,19).